The van der Waals surface area contributed by atoms with Crippen LogP contribution in [0.5, 0.6) is 5.88 Å². The highest BCUT2D eigenvalue weighted by atomic mass is 16.6. The Morgan fingerprint density at radius 2 is 1.83 bits per heavy atom. The summed E-state index contributed by atoms with van der Waals surface area (Å²) < 4.78 is 15.9. The minimum absolute atomic E-state index is 0.243. The second-order valence-corrected chi connectivity index (χ2v) is 13.9. The molecule has 7 rings (SSSR count). The number of nitrogens with zero attached hydrogens (tertiary/aromatic N) is 7. The zero-order valence-corrected chi connectivity index (χ0v) is 27.2. The van der Waals surface area contributed by atoms with E-state index in [0.29, 0.717) is 67.7 Å². The average Bonchev–Trinajstić information content (AvgIpc) is 3.71. The number of aromatic nitrogens is 5. The zero-order valence-electron chi connectivity index (χ0n) is 27.2. The third kappa shape index (κ3) is 6.00. The van der Waals surface area contributed by atoms with Crippen LogP contribution in [-0.4, -0.2) is 79.6 Å². The summed E-state index contributed by atoms with van der Waals surface area (Å²) in [6.07, 6.45) is 4.66. The van der Waals surface area contributed by atoms with Gasteiger partial charge in [0, 0.05) is 56.7 Å². The third-order valence-corrected chi connectivity index (χ3v) is 9.18. The Kier molecular flexibility index (Phi) is 7.60. The van der Waals surface area contributed by atoms with E-state index in [0.717, 1.165) is 53.8 Å². The molecule has 1 saturated heterocycles. The highest BCUT2D eigenvalue weighted by Gasteiger charge is 2.30. The molecule has 4 aromatic rings. The lowest BCUT2D eigenvalue weighted by Crippen LogP contribution is -2.50. The molecule has 12 nitrogen and oxygen atoms in total. The van der Waals surface area contributed by atoms with Crippen molar-refractivity contribution >= 4 is 34.7 Å². The third-order valence-electron chi connectivity index (χ3n) is 9.18. The molecule has 0 spiro atoms. The highest BCUT2D eigenvalue weighted by Crippen LogP contribution is 2.37. The number of hydrogen-bond acceptors (Lipinski definition) is 8. The molecule has 5 heterocycles. The number of aryl methyl sites for hydroxylation is 2. The number of nitrogens with one attached hydrogen (secondary N) is 1. The van der Waals surface area contributed by atoms with Crippen molar-refractivity contribution in [1.29, 1.82) is 0 Å². The number of pyridine rings is 1. The van der Waals surface area contributed by atoms with Gasteiger partial charge in [0.05, 0.1) is 35.1 Å². The molecule has 3 aromatic heterocycles. The number of benzene rings is 1. The number of fused-ring (bicyclic) bond motifs is 9. The van der Waals surface area contributed by atoms with Gasteiger partial charge < -0.3 is 23.8 Å². The van der Waals surface area contributed by atoms with Crippen LogP contribution in [0.1, 0.15) is 56.1 Å². The van der Waals surface area contributed by atoms with Gasteiger partial charge in [0.2, 0.25) is 11.8 Å². The molecule has 46 heavy (non-hydrogen) atoms. The smallest absolute Gasteiger partial charge is 0.410 e. The van der Waals surface area contributed by atoms with Gasteiger partial charge in [-0.15, -0.1) is 0 Å². The highest BCUT2D eigenvalue weighted by molar-refractivity contribution is 6.05. The van der Waals surface area contributed by atoms with E-state index >= 15 is 0 Å². The fourth-order valence-electron chi connectivity index (χ4n) is 6.90. The average molecular weight is 627 g/mol. The van der Waals surface area contributed by atoms with Gasteiger partial charge >= 0.3 is 6.09 Å². The molecular weight excluding hydrogens is 584 g/mol. The first kappa shape index (κ1) is 30.1. The Bertz CT molecular complexity index is 1800. The summed E-state index contributed by atoms with van der Waals surface area (Å²) >= 11 is 0. The fraction of sp³-hybridized carbons (Fsp3) is 0.500. The van der Waals surface area contributed by atoms with E-state index in [4.69, 9.17) is 19.4 Å². The van der Waals surface area contributed by atoms with E-state index in [1.165, 1.54) is 0 Å². The van der Waals surface area contributed by atoms with Crippen LogP contribution in [0.3, 0.4) is 0 Å². The summed E-state index contributed by atoms with van der Waals surface area (Å²) in [4.78, 5) is 40.1. The Hall–Kier alpha value is -4.61. The first-order valence-corrected chi connectivity index (χ1v) is 16.2. The number of rotatable bonds is 1. The monoisotopic (exact) mass is 626 g/mol. The van der Waals surface area contributed by atoms with E-state index in [9.17, 15) is 9.59 Å². The van der Waals surface area contributed by atoms with E-state index in [2.05, 4.69) is 32.0 Å². The van der Waals surface area contributed by atoms with Crippen molar-refractivity contribution < 1.29 is 19.1 Å². The maximum atomic E-state index is 13.8. The molecule has 2 fully saturated rings. The number of amides is 2. The minimum Gasteiger partial charge on any atom is -0.477 e. The maximum absolute atomic E-state index is 13.8. The van der Waals surface area contributed by atoms with Crippen LogP contribution >= 0.6 is 0 Å². The van der Waals surface area contributed by atoms with E-state index in [1.54, 1.807) is 27.9 Å². The van der Waals surface area contributed by atoms with Crippen molar-refractivity contribution in [2.24, 2.45) is 18.9 Å². The maximum Gasteiger partial charge on any atom is 0.410 e. The molecule has 1 aliphatic carbocycles. The molecule has 2 atom stereocenters. The molecule has 0 unspecified atom stereocenters. The predicted octanol–water partition coefficient (Wildman–Crippen LogP) is 5.26. The molecule has 3 aliphatic rings. The molecule has 1 N–H and O–H groups in total. The largest absolute Gasteiger partial charge is 0.477 e. The van der Waals surface area contributed by atoms with Gasteiger partial charge in [0.1, 0.15) is 5.60 Å². The summed E-state index contributed by atoms with van der Waals surface area (Å²) in [6, 6.07) is 9.85. The first-order chi connectivity index (χ1) is 22.0. The quantitative estimate of drug-likeness (QED) is 0.304. The molecule has 0 radical (unpaired) electrons. The normalized spacial score (nSPS) is 20.3. The molecule has 4 bridgehead atoms. The van der Waals surface area contributed by atoms with Gasteiger partial charge in [-0.1, -0.05) is 0 Å². The zero-order chi connectivity index (χ0) is 32.2. The van der Waals surface area contributed by atoms with E-state index < -0.39 is 5.60 Å². The van der Waals surface area contributed by atoms with Crippen LogP contribution in [0.4, 0.5) is 16.4 Å². The van der Waals surface area contributed by atoms with Gasteiger partial charge in [0.25, 0.3) is 5.91 Å². The number of imidazole rings is 1. The van der Waals surface area contributed by atoms with Crippen molar-refractivity contribution in [2.75, 3.05) is 43.0 Å². The minimum atomic E-state index is -0.520. The van der Waals surface area contributed by atoms with Crippen LogP contribution in [0.25, 0.3) is 22.3 Å². The second-order valence-electron chi connectivity index (χ2n) is 13.9. The van der Waals surface area contributed by atoms with Gasteiger partial charge in [0.15, 0.2) is 0 Å². The van der Waals surface area contributed by atoms with Crippen LogP contribution < -0.4 is 15.0 Å². The summed E-state index contributed by atoms with van der Waals surface area (Å²) in [5.41, 5.74) is 5.01. The van der Waals surface area contributed by atoms with Crippen LogP contribution in [0.2, 0.25) is 0 Å². The number of anilines is 2. The first-order valence-electron chi connectivity index (χ1n) is 16.2. The Labute approximate surface area is 268 Å². The predicted molar refractivity (Wildman–Crippen MR) is 175 cm³/mol. The number of hydrogen-bond donors (Lipinski definition) is 1. The van der Waals surface area contributed by atoms with Gasteiger partial charge in [-0.25, -0.2) is 14.5 Å². The Morgan fingerprint density at radius 1 is 1.04 bits per heavy atom. The number of carbonyl (C=O) groups excluding carboxylic acids is 2. The van der Waals surface area contributed by atoms with Crippen molar-refractivity contribution in [3.63, 3.8) is 0 Å². The van der Waals surface area contributed by atoms with Crippen LogP contribution in [-0.2, 0) is 18.3 Å². The van der Waals surface area contributed by atoms with Crippen LogP contribution in [0, 0.1) is 18.8 Å². The van der Waals surface area contributed by atoms with Crippen molar-refractivity contribution in [3.8, 4) is 17.1 Å². The second kappa shape index (κ2) is 11.6. The molecule has 1 aromatic carbocycles. The standard InChI is InChI=1S/C34H42N8O4/c1-21-14-24-16-28(36-21)26-18-35-39(5)31(26)45-20-23-7-6-22(15-23)19-42-29-17-25(8-9-27(29)37-32(42)38-30(24)43)40-10-12-41(13-11-40)33(44)46-34(2,3)4/h8-9,14,16-18,22-23H,6-7,10-13,15,19-20H2,1-5H3,(H,37,38,43)/t22-,23+/m1/s1. The Morgan fingerprint density at radius 3 is 2.61 bits per heavy atom. The topological polar surface area (TPSA) is 120 Å². The number of carbonyl (C=O) groups is 2. The lowest BCUT2D eigenvalue weighted by Gasteiger charge is -2.36. The summed E-state index contributed by atoms with van der Waals surface area (Å²) in [7, 11) is 1.87. The lowest BCUT2D eigenvalue weighted by atomic mass is 10.1. The molecular formula is C34H42N8O4. The molecule has 2 aliphatic heterocycles. The summed E-state index contributed by atoms with van der Waals surface area (Å²) in [6.45, 7) is 11.5. The molecule has 1 saturated carbocycles. The lowest BCUT2D eigenvalue weighted by molar-refractivity contribution is 0.0240. The summed E-state index contributed by atoms with van der Waals surface area (Å²) in [5, 5.41) is 7.58. The van der Waals surface area contributed by atoms with E-state index in [1.807, 2.05) is 40.8 Å². The summed E-state index contributed by atoms with van der Waals surface area (Å²) in [5.74, 6) is 1.81. The Balaban J connectivity index is 1.20. The number of piperazine rings is 1. The van der Waals surface area contributed by atoms with Crippen molar-refractivity contribution in [2.45, 2.75) is 59.1 Å². The molecule has 12 heteroatoms. The number of ether oxygens (including phenoxy) is 2. The van der Waals surface area contributed by atoms with Crippen molar-refractivity contribution in [1.82, 2.24) is 29.2 Å². The molecule has 2 amide bonds. The fourth-order valence-corrected chi connectivity index (χ4v) is 6.90. The SMILES string of the molecule is Cc1cc2cc(n1)-c1cnn(C)c1OC[C@H]1CC[C@H](C1)Cn1c(nc3ccc(N4CCN(C(=O)OC(C)(C)C)CC4)cc31)NC2=O. The van der Waals surface area contributed by atoms with Gasteiger partial charge in [-0.3, -0.25) is 15.1 Å². The van der Waals surface area contributed by atoms with E-state index in [-0.39, 0.29) is 12.0 Å². The van der Waals surface area contributed by atoms with Crippen LogP contribution in [0.15, 0.2) is 36.5 Å². The molecule has 242 valence electrons. The van der Waals surface area contributed by atoms with Gasteiger partial charge in [-0.05, 0) is 89.1 Å². The van der Waals surface area contributed by atoms with Gasteiger partial charge in [-0.2, -0.15) is 5.10 Å². The van der Waals surface area contributed by atoms with Crippen molar-refractivity contribution in [3.05, 3.63) is 47.8 Å².